The van der Waals surface area contributed by atoms with Crippen LogP contribution in [0.4, 0.5) is 0 Å². The Morgan fingerprint density at radius 3 is 2.21 bits per heavy atom. The molecule has 5 aromatic rings. The van der Waals surface area contributed by atoms with E-state index < -0.39 is 0 Å². The number of benzene rings is 5. The Morgan fingerprint density at radius 2 is 1.38 bits per heavy atom. The predicted molar refractivity (Wildman–Crippen MR) is 157 cm³/mol. The van der Waals surface area contributed by atoms with Crippen LogP contribution < -0.4 is 10.2 Å². The Labute approximate surface area is 228 Å². The second-order valence-corrected chi connectivity index (χ2v) is 9.69. The molecule has 5 aromatic carbocycles. The SMILES string of the molecule is C/C(=N/NC(=O)c1ccc(COc2ccccc2-c2ccccc2)cc1)c1ccc2c(c1)Cc1ccccc1-2. The van der Waals surface area contributed by atoms with E-state index in [0.717, 1.165) is 40.1 Å². The number of para-hydroxylation sites is 1. The first-order valence-electron chi connectivity index (χ1n) is 13.1. The molecule has 4 nitrogen and oxygen atoms in total. The van der Waals surface area contributed by atoms with Crippen molar-refractivity contribution in [1.82, 2.24) is 5.43 Å². The van der Waals surface area contributed by atoms with E-state index >= 15 is 0 Å². The molecule has 0 atom stereocenters. The molecule has 0 fully saturated rings. The molecule has 0 saturated heterocycles. The van der Waals surface area contributed by atoms with E-state index in [1.165, 1.54) is 22.3 Å². The first-order chi connectivity index (χ1) is 19.2. The number of nitrogens with zero attached hydrogens (tertiary/aromatic N) is 1. The Balaban J connectivity index is 1.08. The van der Waals surface area contributed by atoms with Crippen LogP contribution in [0.15, 0.2) is 126 Å². The third-order valence-electron chi connectivity index (χ3n) is 7.12. The van der Waals surface area contributed by atoms with Gasteiger partial charge in [0.2, 0.25) is 0 Å². The van der Waals surface area contributed by atoms with Crippen LogP contribution in [0, 0.1) is 0 Å². The van der Waals surface area contributed by atoms with Crippen molar-refractivity contribution in [2.75, 3.05) is 0 Å². The van der Waals surface area contributed by atoms with Crippen molar-refractivity contribution in [3.63, 3.8) is 0 Å². The molecule has 0 aromatic heterocycles. The highest BCUT2D eigenvalue weighted by atomic mass is 16.5. The van der Waals surface area contributed by atoms with E-state index in [4.69, 9.17) is 4.74 Å². The Morgan fingerprint density at radius 1 is 0.718 bits per heavy atom. The molecular formula is C35H28N2O2. The van der Waals surface area contributed by atoms with Gasteiger partial charge >= 0.3 is 0 Å². The zero-order chi connectivity index (χ0) is 26.6. The lowest BCUT2D eigenvalue weighted by Crippen LogP contribution is -2.19. The summed E-state index contributed by atoms with van der Waals surface area (Å²) in [6.07, 6.45) is 0.924. The number of hydrogen-bond acceptors (Lipinski definition) is 3. The molecule has 0 saturated carbocycles. The van der Waals surface area contributed by atoms with E-state index in [0.29, 0.717) is 12.2 Å². The Kier molecular flexibility index (Phi) is 6.75. The number of nitrogens with one attached hydrogen (secondary N) is 1. The van der Waals surface area contributed by atoms with Crippen molar-refractivity contribution in [1.29, 1.82) is 0 Å². The summed E-state index contributed by atoms with van der Waals surface area (Å²) in [5.74, 6) is 0.579. The van der Waals surface area contributed by atoms with Gasteiger partial charge in [0, 0.05) is 11.1 Å². The van der Waals surface area contributed by atoms with Crippen molar-refractivity contribution in [3.8, 4) is 28.0 Å². The van der Waals surface area contributed by atoms with Crippen molar-refractivity contribution in [2.45, 2.75) is 20.0 Å². The highest BCUT2D eigenvalue weighted by Crippen LogP contribution is 2.36. The number of fused-ring (bicyclic) bond motifs is 3. The molecule has 190 valence electrons. The maximum absolute atomic E-state index is 12.8. The summed E-state index contributed by atoms with van der Waals surface area (Å²) in [4.78, 5) is 12.8. The minimum Gasteiger partial charge on any atom is -0.488 e. The molecule has 1 amide bonds. The number of hydrogen-bond donors (Lipinski definition) is 1. The van der Waals surface area contributed by atoms with Gasteiger partial charge in [0.25, 0.3) is 5.91 Å². The summed E-state index contributed by atoms with van der Waals surface area (Å²) in [6, 6.07) is 40.5. The molecule has 0 spiro atoms. The highest BCUT2D eigenvalue weighted by Gasteiger charge is 2.18. The van der Waals surface area contributed by atoms with Crippen LogP contribution in [0.1, 0.15) is 39.5 Å². The van der Waals surface area contributed by atoms with Gasteiger partial charge in [-0.3, -0.25) is 4.79 Å². The smallest absolute Gasteiger partial charge is 0.271 e. The maximum Gasteiger partial charge on any atom is 0.271 e. The second-order valence-electron chi connectivity index (χ2n) is 9.69. The predicted octanol–water partition coefficient (Wildman–Crippen LogP) is 7.66. The minimum absolute atomic E-state index is 0.246. The topological polar surface area (TPSA) is 50.7 Å². The molecule has 0 unspecified atom stereocenters. The second kappa shape index (κ2) is 10.8. The first-order valence-corrected chi connectivity index (χ1v) is 13.1. The molecule has 0 radical (unpaired) electrons. The molecule has 0 bridgehead atoms. The van der Waals surface area contributed by atoms with Crippen LogP contribution in [0.3, 0.4) is 0 Å². The lowest BCUT2D eigenvalue weighted by Gasteiger charge is -2.12. The van der Waals surface area contributed by atoms with E-state index in [2.05, 4.69) is 71.2 Å². The summed E-state index contributed by atoms with van der Waals surface area (Å²) in [5.41, 5.74) is 13.4. The van der Waals surface area contributed by atoms with Gasteiger partial charge in [0.05, 0.1) is 5.71 Å². The quantitative estimate of drug-likeness (QED) is 0.178. The van der Waals surface area contributed by atoms with Gasteiger partial charge in [-0.15, -0.1) is 0 Å². The molecule has 0 aliphatic heterocycles. The van der Waals surface area contributed by atoms with Crippen LogP contribution in [-0.4, -0.2) is 11.6 Å². The standard InChI is InChI=1S/C35H28N2O2/c1-24(28-19-20-32-30(21-28)22-29-11-5-6-12-31(29)32)36-37-35(38)27-17-15-25(16-18-27)23-39-34-14-8-7-13-33(34)26-9-3-2-4-10-26/h2-21H,22-23H2,1H3,(H,37,38)/b36-24-. The van der Waals surface area contributed by atoms with Gasteiger partial charge in [-0.25, -0.2) is 5.43 Å². The average molecular weight is 509 g/mol. The van der Waals surface area contributed by atoms with E-state index in [1.807, 2.05) is 55.5 Å². The van der Waals surface area contributed by atoms with Crippen molar-refractivity contribution >= 4 is 11.6 Å². The third kappa shape index (κ3) is 5.23. The number of hydrazone groups is 1. The highest BCUT2D eigenvalue weighted by molar-refractivity contribution is 6.01. The number of rotatable bonds is 7. The summed E-state index contributed by atoms with van der Waals surface area (Å²) in [5, 5.41) is 4.37. The zero-order valence-electron chi connectivity index (χ0n) is 21.7. The van der Waals surface area contributed by atoms with Crippen LogP contribution in [0.25, 0.3) is 22.3 Å². The summed E-state index contributed by atoms with van der Waals surface area (Å²) < 4.78 is 6.14. The largest absolute Gasteiger partial charge is 0.488 e. The van der Waals surface area contributed by atoms with Crippen LogP contribution in [-0.2, 0) is 13.0 Å². The Bertz CT molecular complexity index is 1670. The van der Waals surface area contributed by atoms with Crippen molar-refractivity contribution in [3.05, 3.63) is 149 Å². The number of ether oxygens (including phenoxy) is 1. The van der Waals surface area contributed by atoms with Crippen molar-refractivity contribution < 1.29 is 9.53 Å². The number of carbonyl (C=O) groups is 1. The summed E-state index contributed by atoms with van der Waals surface area (Å²) in [6.45, 7) is 2.32. The fourth-order valence-corrected chi connectivity index (χ4v) is 5.00. The lowest BCUT2D eigenvalue weighted by molar-refractivity contribution is 0.0954. The van der Waals surface area contributed by atoms with Gasteiger partial charge in [0.15, 0.2) is 0 Å². The molecule has 6 rings (SSSR count). The Hall–Kier alpha value is -4.96. The van der Waals surface area contributed by atoms with E-state index in [1.54, 1.807) is 12.1 Å². The number of carbonyl (C=O) groups excluding carboxylic acids is 1. The van der Waals surface area contributed by atoms with Crippen molar-refractivity contribution in [2.24, 2.45) is 5.10 Å². The van der Waals surface area contributed by atoms with E-state index in [-0.39, 0.29) is 5.91 Å². The number of amides is 1. The average Bonchev–Trinajstić information content (AvgIpc) is 3.37. The van der Waals surface area contributed by atoms with Gasteiger partial charge in [-0.05, 0) is 76.6 Å². The summed E-state index contributed by atoms with van der Waals surface area (Å²) in [7, 11) is 0. The summed E-state index contributed by atoms with van der Waals surface area (Å²) >= 11 is 0. The van der Waals surface area contributed by atoms with E-state index in [9.17, 15) is 4.79 Å². The third-order valence-corrected chi connectivity index (χ3v) is 7.12. The van der Waals surface area contributed by atoms with Gasteiger partial charge in [0.1, 0.15) is 12.4 Å². The maximum atomic E-state index is 12.8. The molecule has 0 heterocycles. The fraction of sp³-hybridized carbons (Fsp3) is 0.0857. The zero-order valence-corrected chi connectivity index (χ0v) is 21.7. The molecule has 1 aliphatic carbocycles. The molecule has 4 heteroatoms. The minimum atomic E-state index is -0.246. The lowest BCUT2D eigenvalue weighted by atomic mass is 10.0. The van der Waals surface area contributed by atoms with Gasteiger partial charge in [-0.2, -0.15) is 5.10 Å². The van der Waals surface area contributed by atoms with Crippen LogP contribution in [0.5, 0.6) is 5.75 Å². The fourth-order valence-electron chi connectivity index (χ4n) is 5.00. The molecule has 39 heavy (non-hydrogen) atoms. The molecular weight excluding hydrogens is 480 g/mol. The normalized spacial score (nSPS) is 12.0. The van der Waals surface area contributed by atoms with Crippen LogP contribution in [0.2, 0.25) is 0 Å². The molecule has 1 aliphatic rings. The monoisotopic (exact) mass is 508 g/mol. The van der Waals surface area contributed by atoms with Gasteiger partial charge < -0.3 is 4.74 Å². The molecule has 1 N–H and O–H groups in total. The first kappa shape index (κ1) is 24.4. The van der Waals surface area contributed by atoms with Gasteiger partial charge in [-0.1, -0.05) is 97.1 Å². The van der Waals surface area contributed by atoms with Crippen LogP contribution >= 0.6 is 0 Å².